The quantitative estimate of drug-likeness (QED) is 0.669. The number of hydrogen-bond donors (Lipinski definition) is 0. The summed E-state index contributed by atoms with van der Waals surface area (Å²) < 4.78 is 5.14. The van der Waals surface area contributed by atoms with Gasteiger partial charge in [-0.05, 0) is 27.7 Å². The zero-order chi connectivity index (χ0) is 11.6. The van der Waals surface area contributed by atoms with Crippen LogP contribution in [0.15, 0.2) is 0 Å². The molecule has 0 aliphatic carbocycles. The summed E-state index contributed by atoms with van der Waals surface area (Å²) in [5.41, 5.74) is 0. The number of likely N-dealkylation sites (tertiary alicyclic amines) is 1. The molecule has 1 aliphatic heterocycles. The fourth-order valence-corrected chi connectivity index (χ4v) is 2.00. The molecule has 4 nitrogen and oxygen atoms in total. The molecule has 0 aromatic heterocycles. The van der Waals surface area contributed by atoms with E-state index in [1.165, 1.54) is 0 Å². The molecule has 0 aromatic carbocycles. The molecule has 0 aromatic rings. The van der Waals surface area contributed by atoms with Gasteiger partial charge < -0.3 is 9.64 Å². The summed E-state index contributed by atoms with van der Waals surface area (Å²) in [5.74, 6) is 0.226. The zero-order valence-corrected chi connectivity index (χ0v) is 9.82. The first-order valence-electron chi connectivity index (χ1n) is 5.42. The fourth-order valence-electron chi connectivity index (χ4n) is 2.00. The normalized spacial score (nSPS) is 27.0. The Hall–Kier alpha value is -1.06. The van der Waals surface area contributed by atoms with Crippen LogP contribution in [-0.4, -0.2) is 35.0 Å². The number of ketones is 1. The van der Waals surface area contributed by atoms with Crippen molar-refractivity contribution in [2.45, 2.75) is 58.7 Å². The number of piperidine rings is 1. The average Bonchev–Trinajstić information content (AvgIpc) is 1.99. The number of ether oxygens (including phenoxy) is 1. The molecule has 4 heteroatoms. The van der Waals surface area contributed by atoms with Crippen LogP contribution in [0.25, 0.3) is 0 Å². The lowest BCUT2D eigenvalue weighted by Gasteiger charge is -2.37. The van der Waals surface area contributed by atoms with Gasteiger partial charge in [0.25, 0.3) is 0 Å². The molecule has 1 fully saturated rings. The van der Waals surface area contributed by atoms with E-state index in [0.717, 1.165) is 0 Å². The maximum atomic E-state index is 11.7. The van der Waals surface area contributed by atoms with E-state index in [-0.39, 0.29) is 30.1 Å². The Morgan fingerprint density at radius 1 is 1.33 bits per heavy atom. The molecule has 1 amide bonds. The second-order valence-corrected chi connectivity index (χ2v) is 4.48. The van der Waals surface area contributed by atoms with Gasteiger partial charge in [-0.25, -0.2) is 4.79 Å². The predicted octanol–water partition coefficient (Wildman–Crippen LogP) is 1.97. The molecule has 0 N–H and O–H groups in total. The first-order valence-corrected chi connectivity index (χ1v) is 5.42. The van der Waals surface area contributed by atoms with Crippen molar-refractivity contribution in [3.8, 4) is 0 Å². The van der Waals surface area contributed by atoms with Gasteiger partial charge in [-0.3, -0.25) is 4.79 Å². The van der Waals surface area contributed by atoms with Crippen molar-refractivity contribution < 1.29 is 14.3 Å². The van der Waals surface area contributed by atoms with Gasteiger partial charge in [-0.1, -0.05) is 0 Å². The van der Waals surface area contributed by atoms with Crippen molar-refractivity contribution in [2.75, 3.05) is 0 Å². The Morgan fingerprint density at radius 3 is 2.20 bits per heavy atom. The number of carbonyl (C=O) groups excluding carboxylic acids is 2. The monoisotopic (exact) mass is 213 g/mol. The van der Waals surface area contributed by atoms with Crippen LogP contribution in [0.1, 0.15) is 40.5 Å². The van der Waals surface area contributed by atoms with Gasteiger partial charge >= 0.3 is 6.09 Å². The molecule has 0 radical (unpaired) electrons. The summed E-state index contributed by atoms with van der Waals surface area (Å²) in [7, 11) is 0. The molecule has 2 atom stereocenters. The highest BCUT2D eigenvalue weighted by Crippen LogP contribution is 2.21. The Balaban J connectivity index is 2.66. The lowest BCUT2D eigenvalue weighted by molar-refractivity contribution is -0.124. The third-order valence-electron chi connectivity index (χ3n) is 2.54. The first kappa shape index (κ1) is 12.0. The topological polar surface area (TPSA) is 46.6 Å². The number of amides is 1. The van der Waals surface area contributed by atoms with Crippen molar-refractivity contribution in [3.63, 3.8) is 0 Å². The number of rotatable bonds is 1. The first-order chi connectivity index (χ1) is 6.91. The summed E-state index contributed by atoms with van der Waals surface area (Å²) in [4.78, 5) is 24.7. The van der Waals surface area contributed by atoms with Crippen LogP contribution in [0, 0.1) is 0 Å². The highest BCUT2D eigenvalue weighted by molar-refractivity contribution is 5.82. The third-order valence-corrected chi connectivity index (χ3v) is 2.54. The summed E-state index contributed by atoms with van der Waals surface area (Å²) in [6.45, 7) is 7.41. The van der Waals surface area contributed by atoms with Crippen molar-refractivity contribution >= 4 is 11.9 Å². The summed E-state index contributed by atoms with van der Waals surface area (Å²) in [6, 6.07) is -0.0972. The lowest BCUT2D eigenvalue weighted by atomic mass is 9.97. The maximum absolute atomic E-state index is 11.7. The number of Topliss-reactive ketones (excluding diaryl/α,β-unsaturated/α-hetero) is 1. The van der Waals surface area contributed by atoms with Crippen LogP contribution < -0.4 is 0 Å². The van der Waals surface area contributed by atoms with E-state index in [0.29, 0.717) is 12.8 Å². The number of nitrogens with zero attached hydrogens (tertiary/aromatic N) is 1. The highest BCUT2D eigenvalue weighted by Gasteiger charge is 2.34. The minimum Gasteiger partial charge on any atom is -0.447 e. The lowest BCUT2D eigenvalue weighted by Crippen LogP contribution is -2.50. The Kier molecular flexibility index (Phi) is 3.72. The summed E-state index contributed by atoms with van der Waals surface area (Å²) in [5, 5.41) is 0. The van der Waals surface area contributed by atoms with E-state index >= 15 is 0 Å². The van der Waals surface area contributed by atoms with Crippen LogP contribution >= 0.6 is 0 Å². The molecule has 0 saturated carbocycles. The van der Waals surface area contributed by atoms with E-state index in [4.69, 9.17) is 4.74 Å². The van der Waals surface area contributed by atoms with Crippen LogP contribution in [0.2, 0.25) is 0 Å². The fraction of sp³-hybridized carbons (Fsp3) is 0.818. The van der Waals surface area contributed by atoms with Gasteiger partial charge in [0.2, 0.25) is 0 Å². The van der Waals surface area contributed by atoms with Crippen molar-refractivity contribution in [1.29, 1.82) is 0 Å². The maximum Gasteiger partial charge on any atom is 0.410 e. The standard InChI is InChI=1S/C11H19NO3/c1-7(2)15-11(14)12-8(3)5-10(13)6-9(12)4/h7-9H,5-6H2,1-4H3/t8-,9-/m1/s1. The summed E-state index contributed by atoms with van der Waals surface area (Å²) in [6.07, 6.45) is 0.460. The van der Waals surface area contributed by atoms with Gasteiger partial charge in [0, 0.05) is 24.9 Å². The van der Waals surface area contributed by atoms with Crippen LogP contribution in [0.4, 0.5) is 4.79 Å². The van der Waals surface area contributed by atoms with E-state index in [1.54, 1.807) is 4.90 Å². The highest BCUT2D eigenvalue weighted by atomic mass is 16.6. The molecule has 0 unspecified atom stereocenters. The van der Waals surface area contributed by atoms with Crippen molar-refractivity contribution in [1.82, 2.24) is 4.90 Å². The smallest absolute Gasteiger partial charge is 0.410 e. The molecular weight excluding hydrogens is 194 g/mol. The molecule has 15 heavy (non-hydrogen) atoms. The SMILES string of the molecule is CC(C)OC(=O)N1[C@H](C)CC(=O)C[C@H]1C. The van der Waals surface area contributed by atoms with Gasteiger partial charge in [0.1, 0.15) is 5.78 Å². The molecule has 86 valence electrons. The van der Waals surface area contributed by atoms with E-state index in [2.05, 4.69) is 0 Å². The predicted molar refractivity (Wildman–Crippen MR) is 56.6 cm³/mol. The molecule has 1 rings (SSSR count). The average molecular weight is 213 g/mol. The third kappa shape index (κ3) is 2.94. The van der Waals surface area contributed by atoms with Crippen LogP contribution in [0.3, 0.4) is 0 Å². The van der Waals surface area contributed by atoms with E-state index in [1.807, 2.05) is 27.7 Å². The molecule has 0 spiro atoms. The molecular formula is C11H19NO3. The van der Waals surface area contributed by atoms with Crippen molar-refractivity contribution in [2.24, 2.45) is 0 Å². The number of hydrogen-bond acceptors (Lipinski definition) is 3. The Morgan fingerprint density at radius 2 is 1.80 bits per heavy atom. The molecule has 1 heterocycles. The largest absolute Gasteiger partial charge is 0.447 e. The van der Waals surface area contributed by atoms with E-state index in [9.17, 15) is 9.59 Å². The van der Waals surface area contributed by atoms with Crippen LogP contribution in [0.5, 0.6) is 0 Å². The van der Waals surface area contributed by atoms with Crippen LogP contribution in [-0.2, 0) is 9.53 Å². The minimum absolute atomic E-state index is 0.0486. The van der Waals surface area contributed by atoms with Gasteiger partial charge in [-0.15, -0.1) is 0 Å². The molecule has 1 aliphatic rings. The minimum atomic E-state index is -0.308. The summed E-state index contributed by atoms with van der Waals surface area (Å²) >= 11 is 0. The van der Waals surface area contributed by atoms with Gasteiger partial charge in [0.15, 0.2) is 0 Å². The Labute approximate surface area is 90.6 Å². The second-order valence-electron chi connectivity index (χ2n) is 4.48. The zero-order valence-electron chi connectivity index (χ0n) is 9.82. The van der Waals surface area contributed by atoms with Crippen molar-refractivity contribution in [3.05, 3.63) is 0 Å². The molecule has 1 saturated heterocycles. The Bertz CT molecular complexity index is 249. The number of carbonyl (C=O) groups is 2. The van der Waals surface area contributed by atoms with Gasteiger partial charge in [0.05, 0.1) is 6.10 Å². The van der Waals surface area contributed by atoms with E-state index < -0.39 is 0 Å². The van der Waals surface area contributed by atoms with Gasteiger partial charge in [-0.2, -0.15) is 0 Å². The molecule has 0 bridgehead atoms. The second kappa shape index (κ2) is 4.64.